The maximum atomic E-state index is 13.3. The standard InChI is InChI=1S/C15H24FN3OS/c1-4-15(5-2,21-3)10-18-9-11-6-7-12(16)8-13(11)14(17)19-20/h6-8,18,20H,4-5,9-10H2,1-3H3,(H2,17,19). The number of halogens is 1. The van der Waals surface area contributed by atoms with Gasteiger partial charge >= 0.3 is 0 Å². The molecule has 0 aromatic heterocycles. The van der Waals surface area contributed by atoms with Gasteiger partial charge in [0.1, 0.15) is 5.82 Å². The van der Waals surface area contributed by atoms with Crippen molar-refractivity contribution < 1.29 is 9.60 Å². The van der Waals surface area contributed by atoms with Crippen LogP contribution in [0, 0.1) is 5.82 Å². The van der Waals surface area contributed by atoms with Gasteiger partial charge in [-0.15, -0.1) is 0 Å². The number of nitrogens with two attached hydrogens (primary N) is 1. The van der Waals surface area contributed by atoms with Crippen molar-refractivity contribution in [2.75, 3.05) is 12.8 Å². The predicted octanol–water partition coefficient (Wildman–Crippen LogP) is 2.93. The minimum Gasteiger partial charge on any atom is -0.409 e. The number of amidine groups is 1. The van der Waals surface area contributed by atoms with Crippen LogP contribution in [0.5, 0.6) is 0 Å². The summed E-state index contributed by atoms with van der Waals surface area (Å²) in [6, 6.07) is 4.33. The Bertz CT molecular complexity index is 482. The lowest BCUT2D eigenvalue weighted by Crippen LogP contribution is -2.36. The molecule has 1 aromatic rings. The molecule has 0 saturated carbocycles. The van der Waals surface area contributed by atoms with E-state index in [4.69, 9.17) is 10.9 Å². The topological polar surface area (TPSA) is 70.6 Å². The molecule has 4 nitrogen and oxygen atoms in total. The molecular weight excluding hydrogens is 289 g/mol. The van der Waals surface area contributed by atoms with Gasteiger partial charge in [0.25, 0.3) is 0 Å². The molecule has 0 amide bonds. The Hall–Kier alpha value is -1.27. The second-order valence-corrected chi connectivity index (χ2v) is 6.26. The highest BCUT2D eigenvalue weighted by Crippen LogP contribution is 2.29. The fourth-order valence-electron chi connectivity index (χ4n) is 2.28. The Kier molecular flexibility index (Phi) is 6.98. The summed E-state index contributed by atoms with van der Waals surface area (Å²) in [6.07, 6.45) is 4.27. The smallest absolute Gasteiger partial charge is 0.170 e. The molecule has 0 spiro atoms. The molecule has 0 aliphatic heterocycles. The van der Waals surface area contributed by atoms with E-state index in [9.17, 15) is 4.39 Å². The summed E-state index contributed by atoms with van der Waals surface area (Å²) in [4.78, 5) is 0. The monoisotopic (exact) mass is 313 g/mol. The summed E-state index contributed by atoms with van der Waals surface area (Å²) in [5, 5.41) is 15.1. The van der Waals surface area contributed by atoms with Gasteiger partial charge in [-0.1, -0.05) is 25.1 Å². The van der Waals surface area contributed by atoms with Gasteiger partial charge in [-0.25, -0.2) is 4.39 Å². The van der Waals surface area contributed by atoms with E-state index in [2.05, 4.69) is 30.6 Å². The molecule has 1 aromatic carbocycles. The number of thioether (sulfide) groups is 1. The Morgan fingerprint density at radius 1 is 1.43 bits per heavy atom. The fraction of sp³-hybridized carbons (Fsp3) is 0.533. The molecule has 4 N–H and O–H groups in total. The molecule has 1 rings (SSSR count). The first kappa shape index (κ1) is 17.8. The van der Waals surface area contributed by atoms with Crippen molar-refractivity contribution in [3.05, 3.63) is 35.1 Å². The van der Waals surface area contributed by atoms with Crippen LogP contribution in [0.1, 0.15) is 37.8 Å². The second-order valence-electron chi connectivity index (χ2n) is 4.98. The number of nitrogens with one attached hydrogen (secondary N) is 1. The summed E-state index contributed by atoms with van der Waals surface area (Å²) < 4.78 is 13.5. The summed E-state index contributed by atoms with van der Waals surface area (Å²) in [7, 11) is 0. The Morgan fingerprint density at radius 3 is 2.62 bits per heavy atom. The highest BCUT2D eigenvalue weighted by atomic mass is 32.2. The van der Waals surface area contributed by atoms with E-state index in [1.807, 2.05) is 11.8 Å². The third kappa shape index (κ3) is 4.61. The minimum atomic E-state index is -0.402. The summed E-state index contributed by atoms with van der Waals surface area (Å²) in [6.45, 7) is 5.77. The van der Waals surface area contributed by atoms with Gasteiger partial charge in [0.15, 0.2) is 5.84 Å². The van der Waals surface area contributed by atoms with E-state index < -0.39 is 5.82 Å². The van der Waals surface area contributed by atoms with E-state index in [1.54, 1.807) is 6.07 Å². The van der Waals surface area contributed by atoms with Crippen molar-refractivity contribution in [3.8, 4) is 0 Å². The van der Waals surface area contributed by atoms with Gasteiger partial charge in [0, 0.05) is 23.4 Å². The molecule has 0 saturated heterocycles. The van der Waals surface area contributed by atoms with Crippen LogP contribution in [0.3, 0.4) is 0 Å². The molecule has 118 valence electrons. The first-order chi connectivity index (χ1) is 10.0. The maximum Gasteiger partial charge on any atom is 0.170 e. The van der Waals surface area contributed by atoms with Gasteiger partial charge in [-0.2, -0.15) is 11.8 Å². The van der Waals surface area contributed by atoms with Crippen LogP contribution >= 0.6 is 11.8 Å². The molecule has 0 atom stereocenters. The Morgan fingerprint density at radius 2 is 2.10 bits per heavy atom. The van der Waals surface area contributed by atoms with Gasteiger partial charge in [0.05, 0.1) is 0 Å². The number of hydrogen-bond donors (Lipinski definition) is 3. The summed E-state index contributed by atoms with van der Waals surface area (Å²) in [5.74, 6) is -0.477. The van der Waals surface area contributed by atoms with Gasteiger partial charge in [-0.05, 0) is 36.8 Å². The zero-order chi connectivity index (χ0) is 15.9. The lowest BCUT2D eigenvalue weighted by Gasteiger charge is -2.30. The van der Waals surface area contributed by atoms with E-state index in [1.165, 1.54) is 12.1 Å². The van der Waals surface area contributed by atoms with Crippen molar-refractivity contribution in [3.63, 3.8) is 0 Å². The Labute approximate surface area is 130 Å². The Balaban J connectivity index is 2.80. The number of benzene rings is 1. The first-order valence-corrected chi connectivity index (χ1v) is 8.26. The molecule has 0 aliphatic carbocycles. The van der Waals surface area contributed by atoms with Crippen LogP contribution in [0.4, 0.5) is 4.39 Å². The average molecular weight is 313 g/mol. The van der Waals surface area contributed by atoms with E-state index in [0.717, 1.165) is 24.9 Å². The fourth-order valence-corrected chi connectivity index (χ4v) is 3.10. The van der Waals surface area contributed by atoms with Gasteiger partial charge < -0.3 is 16.3 Å². The largest absolute Gasteiger partial charge is 0.409 e. The summed E-state index contributed by atoms with van der Waals surface area (Å²) in [5.41, 5.74) is 6.84. The minimum absolute atomic E-state index is 0.0755. The van der Waals surface area contributed by atoms with Crippen LogP contribution in [-0.4, -0.2) is 28.6 Å². The van der Waals surface area contributed by atoms with Crippen molar-refractivity contribution in [2.24, 2.45) is 10.9 Å². The van der Waals surface area contributed by atoms with Gasteiger partial charge in [-0.3, -0.25) is 0 Å². The molecule has 0 heterocycles. The highest BCUT2D eigenvalue weighted by Gasteiger charge is 2.24. The maximum absolute atomic E-state index is 13.3. The third-order valence-electron chi connectivity index (χ3n) is 3.94. The van der Waals surface area contributed by atoms with Crippen LogP contribution in [0.25, 0.3) is 0 Å². The highest BCUT2D eigenvalue weighted by molar-refractivity contribution is 8.00. The van der Waals surface area contributed by atoms with Crippen LogP contribution in [-0.2, 0) is 6.54 Å². The quantitative estimate of drug-likeness (QED) is 0.299. The van der Waals surface area contributed by atoms with Crippen molar-refractivity contribution >= 4 is 17.6 Å². The summed E-state index contributed by atoms with van der Waals surface area (Å²) >= 11 is 1.86. The van der Waals surface area contributed by atoms with E-state index in [-0.39, 0.29) is 10.6 Å². The molecule has 21 heavy (non-hydrogen) atoms. The molecule has 0 bridgehead atoms. The molecule has 6 heteroatoms. The van der Waals surface area contributed by atoms with Crippen LogP contribution < -0.4 is 11.1 Å². The van der Waals surface area contributed by atoms with E-state index in [0.29, 0.717) is 12.1 Å². The number of rotatable bonds is 8. The predicted molar refractivity (Wildman–Crippen MR) is 87.4 cm³/mol. The van der Waals surface area contributed by atoms with Crippen LogP contribution in [0.2, 0.25) is 0 Å². The second kappa shape index (κ2) is 8.24. The van der Waals surface area contributed by atoms with Crippen molar-refractivity contribution in [2.45, 2.75) is 38.0 Å². The molecule has 0 unspecified atom stereocenters. The zero-order valence-corrected chi connectivity index (χ0v) is 13.6. The average Bonchev–Trinajstić information content (AvgIpc) is 2.52. The normalized spacial score (nSPS) is 12.7. The molecular formula is C15H24FN3OS. The number of hydrogen-bond acceptors (Lipinski definition) is 4. The van der Waals surface area contributed by atoms with E-state index >= 15 is 0 Å². The molecule has 0 fully saturated rings. The third-order valence-corrected chi connectivity index (χ3v) is 5.53. The lowest BCUT2D eigenvalue weighted by molar-refractivity contribution is 0.318. The lowest BCUT2D eigenvalue weighted by atomic mass is 10.0. The van der Waals surface area contributed by atoms with Crippen molar-refractivity contribution in [1.29, 1.82) is 0 Å². The zero-order valence-electron chi connectivity index (χ0n) is 12.8. The van der Waals surface area contributed by atoms with Crippen LogP contribution in [0.15, 0.2) is 23.4 Å². The van der Waals surface area contributed by atoms with Gasteiger partial charge in [0.2, 0.25) is 0 Å². The first-order valence-electron chi connectivity index (χ1n) is 7.04. The SMILES string of the molecule is CCC(CC)(CNCc1ccc(F)cc1/C(N)=N/O)SC. The number of oxime groups is 1. The molecule has 0 aliphatic rings. The van der Waals surface area contributed by atoms with Crippen molar-refractivity contribution in [1.82, 2.24) is 5.32 Å². The number of nitrogens with zero attached hydrogens (tertiary/aromatic N) is 1. The molecule has 0 radical (unpaired) electrons.